The molecule has 120 valence electrons. The summed E-state index contributed by atoms with van der Waals surface area (Å²) in [6.07, 6.45) is 4.80. The highest BCUT2D eigenvalue weighted by atomic mass is 16.5. The third-order valence-electron chi connectivity index (χ3n) is 5.40. The van der Waals surface area contributed by atoms with E-state index >= 15 is 0 Å². The molecule has 3 heterocycles. The molecule has 2 atom stereocenters. The van der Waals surface area contributed by atoms with Crippen molar-refractivity contribution < 1.29 is 9.53 Å². The van der Waals surface area contributed by atoms with Gasteiger partial charge in [0.1, 0.15) is 0 Å². The number of aromatic nitrogens is 1. The molecule has 2 bridgehead atoms. The zero-order valence-corrected chi connectivity index (χ0v) is 13.5. The van der Waals surface area contributed by atoms with Gasteiger partial charge in [-0.15, -0.1) is 0 Å². The van der Waals surface area contributed by atoms with E-state index in [0.717, 1.165) is 18.4 Å². The molecule has 1 saturated heterocycles. The van der Waals surface area contributed by atoms with E-state index < -0.39 is 5.91 Å². The molecule has 2 N–H and O–H groups in total. The Morgan fingerprint density at radius 3 is 2.67 bits per heavy atom. The molecule has 1 amide bonds. The summed E-state index contributed by atoms with van der Waals surface area (Å²) < 4.78 is 8.34. The normalized spacial score (nSPS) is 21.4. The number of carbonyl (C=O) groups is 1. The molecule has 1 aromatic heterocycles. The highest BCUT2D eigenvalue weighted by Crippen LogP contribution is 2.54. The number of ether oxygens (including phenoxy) is 1. The summed E-state index contributed by atoms with van der Waals surface area (Å²) in [5.41, 5.74) is 12.1. The molecule has 1 fully saturated rings. The van der Waals surface area contributed by atoms with Gasteiger partial charge in [-0.3, -0.25) is 4.79 Å². The van der Waals surface area contributed by atoms with Gasteiger partial charge in [0.15, 0.2) is 0 Å². The van der Waals surface area contributed by atoms with Crippen molar-refractivity contribution in [2.24, 2.45) is 12.8 Å². The minimum Gasteiger partial charge on any atom is -0.366 e. The summed E-state index contributed by atoms with van der Waals surface area (Å²) in [5, 5.41) is 1.24. The molecule has 4 heteroatoms. The van der Waals surface area contributed by atoms with Crippen molar-refractivity contribution in [1.29, 1.82) is 0 Å². The molecule has 3 aromatic rings. The molecule has 2 unspecified atom stereocenters. The summed E-state index contributed by atoms with van der Waals surface area (Å²) in [6, 6.07) is 12.0. The second kappa shape index (κ2) is 4.71. The van der Waals surface area contributed by atoms with E-state index in [-0.39, 0.29) is 12.2 Å². The SMILES string of the molecule is Cn1ccc2c(-c3ccc(C(N)=O)cc3)cc3c(c21)C1CCC3O1. The average molecular weight is 318 g/mol. The lowest BCUT2D eigenvalue weighted by atomic mass is 9.86. The lowest BCUT2D eigenvalue weighted by Gasteiger charge is -2.17. The van der Waals surface area contributed by atoms with E-state index in [1.165, 1.54) is 27.6 Å². The smallest absolute Gasteiger partial charge is 0.248 e. The van der Waals surface area contributed by atoms with Crippen LogP contribution >= 0.6 is 0 Å². The van der Waals surface area contributed by atoms with Gasteiger partial charge in [0.2, 0.25) is 5.91 Å². The zero-order valence-electron chi connectivity index (χ0n) is 13.5. The van der Waals surface area contributed by atoms with E-state index in [2.05, 4.69) is 29.9 Å². The highest BCUT2D eigenvalue weighted by Gasteiger charge is 2.40. The van der Waals surface area contributed by atoms with Crippen molar-refractivity contribution >= 4 is 16.8 Å². The number of amides is 1. The number of aryl methyl sites for hydroxylation is 1. The fourth-order valence-electron chi connectivity index (χ4n) is 4.27. The maximum absolute atomic E-state index is 11.3. The number of nitrogens with two attached hydrogens (primary N) is 1. The summed E-state index contributed by atoms with van der Waals surface area (Å²) in [4.78, 5) is 11.3. The van der Waals surface area contributed by atoms with Crippen molar-refractivity contribution in [1.82, 2.24) is 4.57 Å². The third kappa shape index (κ3) is 1.74. The minimum atomic E-state index is -0.397. The molecule has 2 aliphatic rings. The predicted molar refractivity (Wildman–Crippen MR) is 92.7 cm³/mol. The Balaban J connectivity index is 1.77. The van der Waals surface area contributed by atoms with Crippen LogP contribution < -0.4 is 5.73 Å². The number of carbonyl (C=O) groups excluding carboxylic acids is 1. The monoisotopic (exact) mass is 318 g/mol. The second-order valence-electron chi connectivity index (χ2n) is 6.75. The first-order chi connectivity index (χ1) is 11.6. The number of nitrogens with zero attached hydrogens (tertiary/aromatic N) is 1. The highest BCUT2D eigenvalue weighted by molar-refractivity contribution is 6.00. The standard InChI is InChI=1S/C20H18N2O2/c1-22-9-8-13-14(11-2-4-12(5-3-11)20(21)23)10-15-16-6-7-17(24-16)18(15)19(13)22/h2-5,8-10,16-17H,6-7H2,1H3,(H2,21,23). The van der Waals surface area contributed by atoms with Gasteiger partial charge < -0.3 is 15.0 Å². The van der Waals surface area contributed by atoms with Crippen molar-refractivity contribution in [3.05, 3.63) is 59.3 Å². The van der Waals surface area contributed by atoms with Gasteiger partial charge in [0.25, 0.3) is 0 Å². The predicted octanol–water partition coefficient (Wildman–Crippen LogP) is 3.85. The van der Waals surface area contributed by atoms with Crippen LogP contribution in [-0.4, -0.2) is 10.5 Å². The van der Waals surface area contributed by atoms with Crippen molar-refractivity contribution in [3.63, 3.8) is 0 Å². The summed E-state index contributed by atoms with van der Waals surface area (Å²) in [6.45, 7) is 0. The Morgan fingerprint density at radius 2 is 1.92 bits per heavy atom. The van der Waals surface area contributed by atoms with Gasteiger partial charge in [-0.2, -0.15) is 0 Å². The molecule has 0 spiro atoms. The molecule has 0 aliphatic carbocycles. The second-order valence-corrected chi connectivity index (χ2v) is 6.75. The Morgan fingerprint density at radius 1 is 1.17 bits per heavy atom. The van der Waals surface area contributed by atoms with Crippen LogP contribution in [0.5, 0.6) is 0 Å². The van der Waals surface area contributed by atoms with E-state index in [1.807, 2.05) is 12.1 Å². The van der Waals surface area contributed by atoms with Crippen LogP contribution in [0.25, 0.3) is 22.0 Å². The quantitative estimate of drug-likeness (QED) is 0.780. The summed E-state index contributed by atoms with van der Waals surface area (Å²) in [5.74, 6) is -0.397. The molecule has 0 radical (unpaired) electrons. The number of primary amides is 1. The van der Waals surface area contributed by atoms with E-state index in [0.29, 0.717) is 5.56 Å². The average Bonchev–Trinajstić information content (AvgIpc) is 3.29. The van der Waals surface area contributed by atoms with Crippen LogP contribution in [0.3, 0.4) is 0 Å². The van der Waals surface area contributed by atoms with Gasteiger partial charge in [0.05, 0.1) is 17.7 Å². The number of hydrogen-bond acceptors (Lipinski definition) is 2. The van der Waals surface area contributed by atoms with Crippen LogP contribution in [0.2, 0.25) is 0 Å². The summed E-state index contributed by atoms with van der Waals surface area (Å²) in [7, 11) is 2.09. The number of rotatable bonds is 2. The number of fused-ring (bicyclic) bond motifs is 7. The first-order valence-corrected chi connectivity index (χ1v) is 8.31. The van der Waals surface area contributed by atoms with Crippen LogP contribution in [0, 0.1) is 0 Å². The number of benzene rings is 2. The first kappa shape index (κ1) is 13.8. The van der Waals surface area contributed by atoms with Crippen molar-refractivity contribution in [2.75, 3.05) is 0 Å². The van der Waals surface area contributed by atoms with Crippen molar-refractivity contribution in [3.8, 4) is 11.1 Å². The summed E-state index contributed by atoms with van der Waals surface area (Å²) >= 11 is 0. The zero-order chi connectivity index (χ0) is 16.4. The molecule has 2 aliphatic heterocycles. The van der Waals surface area contributed by atoms with E-state index in [9.17, 15) is 4.79 Å². The molecule has 0 saturated carbocycles. The lowest BCUT2D eigenvalue weighted by Crippen LogP contribution is -2.10. The Labute approximate surface area is 139 Å². The Hall–Kier alpha value is -2.59. The van der Waals surface area contributed by atoms with Crippen molar-refractivity contribution in [2.45, 2.75) is 25.0 Å². The van der Waals surface area contributed by atoms with E-state index in [1.54, 1.807) is 12.1 Å². The Kier molecular flexibility index (Phi) is 2.71. The fourth-order valence-corrected chi connectivity index (χ4v) is 4.27. The largest absolute Gasteiger partial charge is 0.366 e. The maximum atomic E-state index is 11.3. The van der Waals surface area contributed by atoms with Crippen LogP contribution in [-0.2, 0) is 11.8 Å². The van der Waals surface area contributed by atoms with Gasteiger partial charge in [0, 0.05) is 29.8 Å². The fraction of sp³-hybridized carbons (Fsp3) is 0.250. The Bertz CT molecular complexity index is 985. The lowest BCUT2D eigenvalue weighted by molar-refractivity contribution is 0.0720. The van der Waals surface area contributed by atoms with Gasteiger partial charge >= 0.3 is 0 Å². The number of hydrogen-bond donors (Lipinski definition) is 1. The third-order valence-corrected chi connectivity index (χ3v) is 5.40. The molecular weight excluding hydrogens is 300 g/mol. The molecule has 24 heavy (non-hydrogen) atoms. The maximum Gasteiger partial charge on any atom is 0.248 e. The minimum absolute atomic E-state index is 0.230. The molecule has 5 rings (SSSR count). The molecular formula is C20H18N2O2. The van der Waals surface area contributed by atoms with E-state index in [4.69, 9.17) is 10.5 Å². The molecule has 4 nitrogen and oxygen atoms in total. The van der Waals surface area contributed by atoms with Crippen LogP contribution in [0.15, 0.2) is 42.6 Å². The van der Waals surface area contributed by atoms with Crippen LogP contribution in [0.1, 0.15) is 46.5 Å². The molecule has 2 aromatic carbocycles. The topological polar surface area (TPSA) is 57.2 Å². The van der Waals surface area contributed by atoms with Gasteiger partial charge in [-0.1, -0.05) is 12.1 Å². The van der Waals surface area contributed by atoms with Gasteiger partial charge in [-0.05, 0) is 53.8 Å². The van der Waals surface area contributed by atoms with Gasteiger partial charge in [-0.25, -0.2) is 0 Å². The van der Waals surface area contributed by atoms with Crippen LogP contribution in [0.4, 0.5) is 0 Å². The first-order valence-electron chi connectivity index (χ1n) is 8.31.